The molecule has 7 atom stereocenters. The number of alkyl halides is 3. The minimum Gasteiger partial charge on any atom is -0.489 e. The molecular weight excluding hydrogens is 668 g/mol. The zero-order valence-corrected chi connectivity index (χ0v) is 26.7. The SMILES string of the molecule is Cc1cccc(COc2ccc([N+](=O)[O-])cc2C2c3sc(=O)[nH]c3SC3C2[C@H]2C[C@@H]3C3C(=O)N(c4ccccc4C(F)(F)F)C(=O)C32)c1. The lowest BCUT2D eigenvalue weighted by Crippen LogP contribution is -2.42. The number of anilines is 1. The summed E-state index contributed by atoms with van der Waals surface area (Å²) in [7, 11) is 0. The van der Waals surface area contributed by atoms with Gasteiger partial charge in [-0.1, -0.05) is 53.3 Å². The van der Waals surface area contributed by atoms with Crippen LogP contribution < -0.4 is 14.5 Å². The van der Waals surface area contributed by atoms with Gasteiger partial charge in [0, 0.05) is 33.7 Å². The molecule has 9 nitrogen and oxygen atoms in total. The van der Waals surface area contributed by atoms with E-state index in [0.29, 0.717) is 27.6 Å². The van der Waals surface area contributed by atoms with Crippen LogP contribution in [0, 0.1) is 46.6 Å². The first-order chi connectivity index (χ1) is 22.9. The molecule has 14 heteroatoms. The summed E-state index contributed by atoms with van der Waals surface area (Å²) in [6, 6.07) is 16.7. The number of fused-ring (bicyclic) bond motifs is 9. The smallest absolute Gasteiger partial charge is 0.418 e. The minimum absolute atomic E-state index is 0.171. The van der Waals surface area contributed by atoms with E-state index in [1.165, 1.54) is 36.0 Å². The first-order valence-electron chi connectivity index (χ1n) is 15.3. The van der Waals surface area contributed by atoms with E-state index >= 15 is 0 Å². The van der Waals surface area contributed by atoms with Crippen LogP contribution in [0.15, 0.2) is 76.6 Å². The number of halogens is 3. The number of nitrogens with zero attached hydrogens (tertiary/aromatic N) is 2. The number of carbonyl (C=O) groups is 2. The van der Waals surface area contributed by atoms with Crippen LogP contribution in [0.5, 0.6) is 5.75 Å². The fourth-order valence-corrected chi connectivity index (χ4v) is 11.4. The van der Waals surface area contributed by atoms with Crippen LogP contribution in [0.1, 0.15) is 39.5 Å². The van der Waals surface area contributed by atoms with Crippen LogP contribution in [0.2, 0.25) is 0 Å². The van der Waals surface area contributed by atoms with E-state index in [-0.39, 0.29) is 34.3 Å². The van der Waals surface area contributed by atoms with Crippen molar-refractivity contribution in [2.45, 2.75) is 42.3 Å². The summed E-state index contributed by atoms with van der Waals surface area (Å²) in [5, 5.41) is 12.3. The molecule has 2 aliphatic carbocycles. The second kappa shape index (κ2) is 11.1. The van der Waals surface area contributed by atoms with Crippen LogP contribution in [0.4, 0.5) is 24.5 Å². The predicted molar refractivity (Wildman–Crippen MR) is 171 cm³/mol. The highest BCUT2D eigenvalue weighted by molar-refractivity contribution is 8.00. The number of amides is 2. The van der Waals surface area contributed by atoms with Crippen molar-refractivity contribution in [3.63, 3.8) is 0 Å². The van der Waals surface area contributed by atoms with Crippen molar-refractivity contribution in [1.82, 2.24) is 4.98 Å². The first kappa shape index (κ1) is 30.9. The molecule has 5 unspecified atom stereocenters. The number of aromatic nitrogens is 1. The highest BCUT2D eigenvalue weighted by Crippen LogP contribution is 2.69. The molecule has 3 fully saturated rings. The van der Waals surface area contributed by atoms with Crippen molar-refractivity contribution in [2.24, 2.45) is 29.6 Å². The first-order valence-corrected chi connectivity index (χ1v) is 17.0. The number of aromatic amines is 1. The maximum Gasteiger partial charge on any atom is 0.418 e. The number of imide groups is 1. The van der Waals surface area contributed by atoms with Gasteiger partial charge in [0.1, 0.15) is 12.4 Å². The number of rotatable bonds is 6. The number of thioether (sulfide) groups is 1. The Morgan fingerprint density at radius 2 is 1.75 bits per heavy atom. The quantitative estimate of drug-likeness (QED) is 0.132. The molecule has 3 heterocycles. The van der Waals surface area contributed by atoms with Gasteiger partial charge >= 0.3 is 11.0 Å². The van der Waals surface area contributed by atoms with Crippen molar-refractivity contribution < 1.29 is 32.4 Å². The number of carbonyl (C=O) groups excluding carboxylic acids is 2. The number of ether oxygens (including phenoxy) is 1. The molecule has 2 amide bonds. The van der Waals surface area contributed by atoms with Crippen LogP contribution in [-0.2, 0) is 22.4 Å². The van der Waals surface area contributed by atoms with E-state index in [1.54, 1.807) is 6.07 Å². The minimum atomic E-state index is -4.78. The van der Waals surface area contributed by atoms with Crippen molar-refractivity contribution in [1.29, 1.82) is 0 Å². The van der Waals surface area contributed by atoms with Crippen molar-refractivity contribution in [3.8, 4) is 5.75 Å². The number of non-ortho nitro benzene ring substituents is 1. The van der Waals surface area contributed by atoms with Gasteiger partial charge in [0.2, 0.25) is 11.8 Å². The third-order valence-corrected chi connectivity index (χ3v) is 12.8. The molecule has 4 aliphatic rings. The highest BCUT2D eigenvalue weighted by atomic mass is 32.2. The molecule has 1 N–H and O–H groups in total. The molecule has 48 heavy (non-hydrogen) atoms. The van der Waals surface area contributed by atoms with Gasteiger partial charge in [-0.3, -0.25) is 24.5 Å². The normalized spacial score (nSPS) is 27.2. The maximum absolute atomic E-state index is 14.1. The third kappa shape index (κ3) is 4.71. The van der Waals surface area contributed by atoms with E-state index in [1.807, 2.05) is 31.2 Å². The van der Waals surface area contributed by atoms with Crippen molar-refractivity contribution in [2.75, 3.05) is 4.90 Å². The largest absolute Gasteiger partial charge is 0.489 e. The van der Waals surface area contributed by atoms with Gasteiger partial charge in [-0.25, -0.2) is 4.90 Å². The number of nitrogens with one attached hydrogen (secondary N) is 1. The summed E-state index contributed by atoms with van der Waals surface area (Å²) in [5.74, 6) is -4.33. The van der Waals surface area contributed by atoms with Crippen LogP contribution in [-0.4, -0.2) is 27.0 Å². The van der Waals surface area contributed by atoms with Crippen LogP contribution in [0.25, 0.3) is 0 Å². The third-order valence-electron chi connectivity index (χ3n) is 10.2. The average molecular weight is 694 g/mol. The lowest BCUT2D eigenvalue weighted by atomic mass is 9.68. The van der Waals surface area contributed by atoms with Gasteiger partial charge < -0.3 is 9.72 Å². The zero-order valence-electron chi connectivity index (χ0n) is 25.1. The van der Waals surface area contributed by atoms with E-state index < -0.39 is 57.8 Å². The Morgan fingerprint density at radius 3 is 2.48 bits per heavy atom. The van der Waals surface area contributed by atoms with Gasteiger partial charge in [0.15, 0.2) is 0 Å². The number of H-pyrrole nitrogens is 1. The zero-order chi connectivity index (χ0) is 33.6. The maximum atomic E-state index is 14.1. The summed E-state index contributed by atoms with van der Waals surface area (Å²) < 4.78 is 48.4. The van der Waals surface area contributed by atoms with Gasteiger partial charge in [-0.05, 0) is 54.9 Å². The second-order valence-electron chi connectivity index (χ2n) is 12.7. The molecular formula is C34H26F3N3O6S2. The monoisotopic (exact) mass is 693 g/mol. The predicted octanol–water partition coefficient (Wildman–Crippen LogP) is 6.93. The lowest BCUT2D eigenvalue weighted by molar-refractivity contribution is -0.385. The molecule has 0 spiro atoms. The Bertz CT molecular complexity index is 2080. The number of para-hydroxylation sites is 1. The standard InChI is InChI=1S/C34H26F3N3O6S2/c1-15-5-4-6-16(11-15)14-46-23-10-9-17(40(44)45)12-18(23)24-25-19-13-20(28(25)47-30-29(24)48-33(43)38-30)27-26(19)31(41)39(32(27)42)22-8-3-2-7-21(22)34(35,36)37/h2-12,19-20,24-28H,13-14H2,1H3,(H,38,43)/t19-,20-,24?,25?,26?,27?,28?/m1/s1. The molecule has 246 valence electrons. The molecule has 8 rings (SSSR count). The fourth-order valence-electron chi connectivity index (χ4n) is 8.50. The summed E-state index contributed by atoms with van der Waals surface area (Å²) in [5.41, 5.74) is 0.706. The van der Waals surface area contributed by atoms with E-state index in [4.69, 9.17) is 4.74 Å². The fraction of sp³-hybridized carbons (Fsp3) is 0.324. The van der Waals surface area contributed by atoms with Crippen LogP contribution >= 0.6 is 23.1 Å². The summed E-state index contributed by atoms with van der Waals surface area (Å²) >= 11 is 2.41. The summed E-state index contributed by atoms with van der Waals surface area (Å²) in [6.45, 7) is 2.13. The van der Waals surface area contributed by atoms with Crippen molar-refractivity contribution >= 4 is 46.3 Å². The molecule has 3 aromatic carbocycles. The van der Waals surface area contributed by atoms with E-state index in [2.05, 4.69) is 4.98 Å². The molecule has 1 aromatic heterocycles. The second-order valence-corrected chi connectivity index (χ2v) is 14.9. The van der Waals surface area contributed by atoms with Gasteiger partial charge in [-0.15, -0.1) is 11.8 Å². The number of aryl methyl sites for hydroxylation is 1. The topological polar surface area (TPSA) is 123 Å². The molecule has 4 aromatic rings. The molecule has 2 saturated carbocycles. The number of thiazole rings is 1. The number of hydrogen-bond acceptors (Lipinski definition) is 8. The Kier molecular flexibility index (Phi) is 7.11. The van der Waals surface area contributed by atoms with E-state index in [9.17, 15) is 37.7 Å². The Morgan fingerprint density at radius 1 is 1.00 bits per heavy atom. The summed E-state index contributed by atoms with van der Waals surface area (Å²) in [6.07, 6.45) is -4.28. The molecule has 2 aliphatic heterocycles. The van der Waals surface area contributed by atoms with Crippen molar-refractivity contribution in [3.05, 3.63) is 114 Å². The lowest BCUT2D eigenvalue weighted by Gasteiger charge is -2.43. The Labute approximate surface area is 279 Å². The van der Waals surface area contributed by atoms with Gasteiger partial charge in [0.25, 0.3) is 5.69 Å². The molecule has 2 bridgehead atoms. The summed E-state index contributed by atoms with van der Waals surface area (Å²) in [4.78, 5) is 56.2. The molecule has 1 saturated heterocycles. The highest BCUT2D eigenvalue weighted by Gasteiger charge is 2.70. The Hall–Kier alpha value is -4.43. The Balaban J connectivity index is 1.22. The van der Waals surface area contributed by atoms with Crippen LogP contribution in [0.3, 0.4) is 0 Å². The number of nitro groups is 1. The number of hydrogen-bond donors (Lipinski definition) is 1. The van der Waals surface area contributed by atoms with E-state index in [0.717, 1.165) is 39.5 Å². The number of nitro benzene ring substituents is 1. The number of benzene rings is 3. The molecule has 0 radical (unpaired) electrons. The average Bonchev–Trinajstić information content (AvgIpc) is 3.78. The van der Waals surface area contributed by atoms with Gasteiger partial charge in [0.05, 0.1) is 33.0 Å². The van der Waals surface area contributed by atoms with Gasteiger partial charge in [-0.2, -0.15) is 13.2 Å².